The van der Waals surface area contributed by atoms with Gasteiger partial charge in [-0.15, -0.1) is 0 Å². The summed E-state index contributed by atoms with van der Waals surface area (Å²) in [6, 6.07) is 20.4. The highest BCUT2D eigenvalue weighted by Gasteiger charge is 2.25. The maximum absolute atomic E-state index is 12.5. The highest BCUT2D eigenvalue weighted by molar-refractivity contribution is 6.05. The highest BCUT2D eigenvalue weighted by Crippen LogP contribution is 2.39. The van der Waals surface area contributed by atoms with Gasteiger partial charge >= 0.3 is 0 Å². The number of carbonyl (C=O) groups excluding carboxylic acids is 1. The van der Waals surface area contributed by atoms with Gasteiger partial charge in [-0.25, -0.2) is 0 Å². The Balaban J connectivity index is 1.77. The molecule has 156 valence electrons. The lowest BCUT2D eigenvalue weighted by Gasteiger charge is -2.26. The van der Waals surface area contributed by atoms with Crippen LogP contribution in [-0.4, -0.2) is 48.2 Å². The van der Waals surface area contributed by atoms with Crippen molar-refractivity contribution in [2.24, 2.45) is 5.73 Å². The molecule has 5 nitrogen and oxygen atoms in total. The number of morpholine rings is 1. The molecule has 0 radical (unpaired) electrons. The molecule has 1 fully saturated rings. The van der Waals surface area contributed by atoms with E-state index in [4.69, 9.17) is 10.5 Å². The lowest BCUT2D eigenvalue weighted by molar-refractivity contribution is 0.0369. The van der Waals surface area contributed by atoms with Gasteiger partial charge in [0.25, 0.3) is 5.91 Å². The Kier molecular flexibility index (Phi) is 6.31. The molecule has 1 amide bonds. The molecule has 0 bridgehead atoms. The lowest BCUT2D eigenvalue weighted by atomic mass is 9.96. The maximum atomic E-state index is 12.5. The third kappa shape index (κ3) is 4.18. The smallest absolute Gasteiger partial charge is 0.251 e. The van der Waals surface area contributed by atoms with Crippen LogP contribution in [0.25, 0.3) is 22.4 Å². The van der Waals surface area contributed by atoms with E-state index in [0.29, 0.717) is 5.56 Å². The van der Waals surface area contributed by atoms with E-state index in [-0.39, 0.29) is 5.91 Å². The zero-order chi connectivity index (χ0) is 20.9. The highest BCUT2D eigenvalue weighted by atomic mass is 16.5. The molecule has 1 aliphatic heterocycles. The molecule has 2 N–H and O–H groups in total. The first-order chi connectivity index (χ1) is 14.7. The topological polar surface area (TPSA) is 60.5 Å². The third-order valence-electron chi connectivity index (χ3n) is 5.84. The molecule has 1 saturated heterocycles. The monoisotopic (exact) mass is 403 g/mol. The van der Waals surface area contributed by atoms with Crippen molar-refractivity contribution < 1.29 is 9.53 Å². The van der Waals surface area contributed by atoms with Gasteiger partial charge in [0.05, 0.1) is 24.5 Å². The second-order valence-corrected chi connectivity index (χ2v) is 7.74. The van der Waals surface area contributed by atoms with Crippen molar-refractivity contribution in [2.45, 2.75) is 19.9 Å². The molecule has 0 unspecified atom stereocenters. The van der Waals surface area contributed by atoms with Crippen LogP contribution in [0.5, 0.6) is 0 Å². The first kappa shape index (κ1) is 20.4. The summed E-state index contributed by atoms with van der Waals surface area (Å²) in [6.45, 7) is 7.44. The molecular weight excluding hydrogens is 374 g/mol. The van der Waals surface area contributed by atoms with Crippen LogP contribution in [-0.2, 0) is 11.3 Å². The summed E-state index contributed by atoms with van der Waals surface area (Å²) in [6.07, 6.45) is 1.00. The van der Waals surface area contributed by atoms with Crippen molar-refractivity contribution >= 4 is 5.91 Å². The van der Waals surface area contributed by atoms with Crippen molar-refractivity contribution in [3.63, 3.8) is 0 Å². The summed E-state index contributed by atoms with van der Waals surface area (Å²) >= 11 is 0. The Morgan fingerprint density at radius 3 is 2.13 bits per heavy atom. The van der Waals surface area contributed by atoms with Crippen LogP contribution in [0.4, 0.5) is 0 Å². The van der Waals surface area contributed by atoms with Crippen molar-refractivity contribution in [1.29, 1.82) is 0 Å². The molecule has 2 heterocycles. The van der Waals surface area contributed by atoms with Crippen molar-refractivity contribution in [2.75, 3.05) is 32.8 Å². The molecule has 0 aliphatic carbocycles. The molecular formula is C25H29N3O2. The standard InChI is InChI=1S/C25H29N3O2/c1-19-22(25(26)29)23(20-9-4-2-5-10-20)24(21-11-6-3-7-12-21)28(19)14-8-13-27-15-17-30-18-16-27/h2-7,9-12H,8,13-18H2,1H3,(H2,26,29). The summed E-state index contributed by atoms with van der Waals surface area (Å²) < 4.78 is 7.73. The van der Waals surface area contributed by atoms with Crippen LogP contribution in [0.1, 0.15) is 22.5 Å². The molecule has 30 heavy (non-hydrogen) atoms. The number of primary amides is 1. The number of rotatable bonds is 7. The summed E-state index contributed by atoms with van der Waals surface area (Å²) in [5, 5.41) is 0. The van der Waals surface area contributed by atoms with Crippen molar-refractivity contribution in [3.8, 4) is 22.4 Å². The van der Waals surface area contributed by atoms with E-state index in [1.165, 1.54) is 0 Å². The average Bonchev–Trinajstić information content (AvgIpc) is 3.08. The fraction of sp³-hybridized carbons (Fsp3) is 0.320. The molecule has 3 aromatic rings. The number of aromatic nitrogens is 1. The van der Waals surface area contributed by atoms with Gasteiger partial charge in [0.2, 0.25) is 0 Å². The predicted octanol–water partition coefficient (Wildman–Crippen LogP) is 3.95. The second kappa shape index (κ2) is 9.28. The van der Waals surface area contributed by atoms with Crippen LogP contribution in [0, 0.1) is 6.92 Å². The minimum absolute atomic E-state index is 0.379. The number of hydrogen-bond acceptors (Lipinski definition) is 3. The average molecular weight is 404 g/mol. The lowest BCUT2D eigenvalue weighted by Crippen LogP contribution is -2.37. The van der Waals surface area contributed by atoms with E-state index >= 15 is 0 Å². The van der Waals surface area contributed by atoms with E-state index in [2.05, 4.69) is 21.6 Å². The van der Waals surface area contributed by atoms with Gasteiger partial charge < -0.3 is 15.0 Å². The van der Waals surface area contributed by atoms with Gasteiger partial charge in [0, 0.05) is 37.4 Å². The Morgan fingerprint density at radius 1 is 0.933 bits per heavy atom. The van der Waals surface area contributed by atoms with Gasteiger partial charge in [-0.1, -0.05) is 60.7 Å². The summed E-state index contributed by atoms with van der Waals surface area (Å²) in [4.78, 5) is 15.0. The van der Waals surface area contributed by atoms with Crippen molar-refractivity contribution in [3.05, 3.63) is 71.9 Å². The minimum atomic E-state index is -0.379. The quantitative estimate of drug-likeness (QED) is 0.650. The molecule has 4 rings (SSSR count). The number of nitrogens with two attached hydrogens (primary N) is 1. The van der Waals surface area contributed by atoms with Gasteiger partial charge in [-0.3, -0.25) is 9.69 Å². The van der Waals surface area contributed by atoms with Crippen LogP contribution >= 0.6 is 0 Å². The predicted molar refractivity (Wildman–Crippen MR) is 120 cm³/mol. The number of benzene rings is 2. The number of carbonyl (C=O) groups is 1. The minimum Gasteiger partial charge on any atom is -0.379 e. The molecule has 0 atom stereocenters. The molecule has 5 heteroatoms. The number of hydrogen-bond donors (Lipinski definition) is 1. The number of ether oxygens (including phenoxy) is 1. The zero-order valence-corrected chi connectivity index (χ0v) is 17.5. The van der Waals surface area contributed by atoms with Crippen LogP contribution < -0.4 is 5.73 Å². The summed E-state index contributed by atoms with van der Waals surface area (Å²) in [5.74, 6) is -0.379. The van der Waals surface area contributed by atoms with Crippen LogP contribution in [0.2, 0.25) is 0 Å². The Labute approximate surface area is 178 Å². The summed E-state index contributed by atoms with van der Waals surface area (Å²) in [5.41, 5.74) is 11.5. The molecule has 2 aromatic carbocycles. The van der Waals surface area contributed by atoms with E-state index in [1.807, 2.05) is 55.5 Å². The first-order valence-corrected chi connectivity index (χ1v) is 10.6. The molecule has 0 spiro atoms. The third-order valence-corrected chi connectivity index (χ3v) is 5.84. The number of nitrogens with zero attached hydrogens (tertiary/aromatic N) is 2. The van der Waals surface area contributed by atoms with Crippen LogP contribution in [0.3, 0.4) is 0 Å². The molecule has 1 aliphatic rings. The van der Waals surface area contributed by atoms with Gasteiger partial charge in [0.15, 0.2) is 0 Å². The Bertz CT molecular complexity index is 990. The van der Waals surface area contributed by atoms with Gasteiger partial charge in [-0.2, -0.15) is 0 Å². The zero-order valence-electron chi connectivity index (χ0n) is 17.5. The number of amides is 1. The molecule has 0 saturated carbocycles. The summed E-state index contributed by atoms with van der Waals surface area (Å²) in [7, 11) is 0. The van der Waals surface area contributed by atoms with E-state index in [0.717, 1.165) is 73.9 Å². The van der Waals surface area contributed by atoms with E-state index in [1.54, 1.807) is 0 Å². The SMILES string of the molecule is Cc1c(C(N)=O)c(-c2ccccc2)c(-c2ccccc2)n1CCCN1CCOCC1. The van der Waals surface area contributed by atoms with E-state index < -0.39 is 0 Å². The fourth-order valence-electron chi connectivity index (χ4n) is 4.38. The Morgan fingerprint density at radius 2 is 1.53 bits per heavy atom. The van der Waals surface area contributed by atoms with Crippen molar-refractivity contribution in [1.82, 2.24) is 9.47 Å². The second-order valence-electron chi connectivity index (χ2n) is 7.74. The maximum Gasteiger partial charge on any atom is 0.251 e. The van der Waals surface area contributed by atoms with Gasteiger partial charge in [0.1, 0.15) is 0 Å². The Hall–Kier alpha value is -2.89. The largest absolute Gasteiger partial charge is 0.379 e. The molecule has 1 aromatic heterocycles. The van der Waals surface area contributed by atoms with Crippen LogP contribution in [0.15, 0.2) is 60.7 Å². The first-order valence-electron chi connectivity index (χ1n) is 10.6. The van der Waals surface area contributed by atoms with E-state index in [9.17, 15) is 4.79 Å². The normalized spacial score (nSPS) is 14.7. The fourth-order valence-corrected chi connectivity index (χ4v) is 4.38. The van der Waals surface area contributed by atoms with Gasteiger partial charge in [-0.05, 0) is 24.5 Å².